The third-order valence-electron chi connectivity index (χ3n) is 4.56. The van der Waals surface area contributed by atoms with Crippen LogP contribution in [0.3, 0.4) is 0 Å². The van der Waals surface area contributed by atoms with Gasteiger partial charge in [-0.15, -0.1) is 12.4 Å². The lowest BCUT2D eigenvalue weighted by Crippen LogP contribution is -2.20. The number of rotatable bonds is 7. The fourth-order valence-corrected chi connectivity index (χ4v) is 4.17. The number of H-pyrrole nitrogens is 4. The number of aromatic nitrogens is 4. The average Bonchev–Trinajstić information content (AvgIpc) is 3.15. The fourth-order valence-electron chi connectivity index (χ4n) is 3.39. The summed E-state index contributed by atoms with van der Waals surface area (Å²) in [7, 11) is 0. The van der Waals surface area contributed by atoms with E-state index < -0.39 is 5.92 Å². The second-order valence-electron chi connectivity index (χ2n) is 6.36. The van der Waals surface area contributed by atoms with E-state index in [1.54, 1.807) is 13.8 Å². The van der Waals surface area contributed by atoms with Crippen molar-refractivity contribution in [3.8, 4) is 11.5 Å². The summed E-state index contributed by atoms with van der Waals surface area (Å²) in [4.78, 5) is 25.1. The van der Waals surface area contributed by atoms with Gasteiger partial charge in [0.25, 0.3) is 11.1 Å². The van der Waals surface area contributed by atoms with Crippen molar-refractivity contribution < 1.29 is 9.47 Å². The Morgan fingerprint density at radius 1 is 0.897 bits per heavy atom. The van der Waals surface area contributed by atoms with Gasteiger partial charge in [-0.05, 0) is 68.0 Å². The lowest BCUT2D eigenvalue weighted by Gasteiger charge is -2.20. The molecule has 0 spiro atoms. The van der Waals surface area contributed by atoms with E-state index >= 15 is 0 Å². The normalized spacial score (nSPS) is 10.8. The van der Waals surface area contributed by atoms with Crippen molar-refractivity contribution in [2.45, 2.75) is 33.6 Å². The number of aromatic amines is 4. The van der Waals surface area contributed by atoms with Gasteiger partial charge in [0.1, 0.15) is 0 Å². The quantitative estimate of drug-likeness (QED) is 0.348. The first-order valence-electron chi connectivity index (χ1n) is 9.02. The first-order valence-corrected chi connectivity index (χ1v) is 10.1. The van der Waals surface area contributed by atoms with Gasteiger partial charge in [-0.2, -0.15) is 0 Å². The Morgan fingerprint density at radius 3 is 1.83 bits per heavy atom. The summed E-state index contributed by atoms with van der Waals surface area (Å²) in [5.41, 5.74) is 2.60. The van der Waals surface area contributed by atoms with Crippen LogP contribution in [0.5, 0.6) is 11.5 Å². The average molecular weight is 535 g/mol. The largest absolute Gasteiger partial charge is 0.490 e. The summed E-state index contributed by atoms with van der Waals surface area (Å²) < 4.78 is 12.4. The third kappa shape index (κ3) is 4.40. The Morgan fingerprint density at radius 2 is 1.41 bits per heavy atom. The van der Waals surface area contributed by atoms with E-state index in [-0.39, 0.29) is 23.5 Å². The molecule has 1 aromatic carbocycles. The molecule has 10 heteroatoms. The first kappa shape index (κ1) is 23.1. The van der Waals surface area contributed by atoms with Gasteiger partial charge in [-0.25, -0.2) is 0 Å². The SMILES string of the molecule is CCOc1cc(C(c2c(C)[nH][nH]c2=O)c2c(C)[nH][nH]c2=O)cc(I)c1OCC.Cl. The van der Waals surface area contributed by atoms with E-state index in [1.165, 1.54) is 0 Å². The van der Waals surface area contributed by atoms with Gasteiger partial charge in [-0.1, -0.05) is 0 Å². The number of nitrogens with one attached hydrogen (secondary N) is 4. The highest BCUT2D eigenvalue weighted by Gasteiger charge is 2.29. The van der Waals surface area contributed by atoms with E-state index in [4.69, 9.17) is 9.47 Å². The molecule has 0 unspecified atom stereocenters. The zero-order valence-electron chi connectivity index (χ0n) is 16.6. The van der Waals surface area contributed by atoms with E-state index in [0.29, 0.717) is 47.2 Å². The Bertz CT molecular complexity index is 1040. The van der Waals surface area contributed by atoms with E-state index in [9.17, 15) is 9.59 Å². The smallest absolute Gasteiger partial charge is 0.268 e. The minimum Gasteiger partial charge on any atom is -0.490 e. The van der Waals surface area contributed by atoms with Crippen LogP contribution in [0.4, 0.5) is 0 Å². The second-order valence-corrected chi connectivity index (χ2v) is 7.53. The van der Waals surface area contributed by atoms with Crippen molar-refractivity contribution >= 4 is 35.0 Å². The molecule has 0 aliphatic rings. The second kappa shape index (κ2) is 9.57. The maximum atomic E-state index is 12.6. The fraction of sp³-hybridized carbons (Fsp3) is 0.368. The molecule has 3 rings (SSSR count). The van der Waals surface area contributed by atoms with Crippen LogP contribution >= 0.6 is 35.0 Å². The number of aryl methyl sites for hydroxylation is 2. The molecular weight excluding hydrogens is 511 g/mol. The van der Waals surface area contributed by atoms with E-state index in [1.807, 2.05) is 26.0 Å². The molecule has 4 N–H and O–H groups in total. The lowest BCUT2D eigenvalue weighted by atomic mass is 9.85. The highest BCUT2D eigenvalue weighted by molar-refractivity contribution is 14.1. The molecule has 0 amide bonds. The predicted molar refractivity (Wildman–Crippen MR) is 122 cm³/mol. The van der Waals surface area contributed by atoms with Gasteiger partial charge < -0.3 is 19.7 Å². The van der Waals surface area contributed by atoms with E-state index in [0.717, 1.165) is 9.13 Å². The first-order chi connectivity index (χ1) is 13.4. The minimum absolute atomic E-state index is 0. The maximum absolute atomic E-state index is 12.6. The summed E-state index contributed by atoms with van der Waals surface area (Å²) in [6, 6.07) is 3.77. The molecule has 29 heavy (non-hydrogen) atoms. The Kier molecular flexibility index (Phi) is 7.64. The van der Waals surface area contributed by atoms with Crippen molar-refractivity contribution in [1.82, 2.24) is 20.4 Å². The molecule has 0 aliphatic heterocycles. The van der Waals surface area contributed by atoms with Crippen molar-refractivity contribution in [3.63, 3.8) is 0 Å². The molecule has 0 radical (unpaired) electrons. The number of benzene rings is 1. The zero-order chi connectivity index (χ0) is 20.4. The summed E-state index contributed by atoms with van der Waals surface area (Å²) >= 11 is 2.19. The summed E-state index contributed by atoms with van der Waals surface area (Å²) in [6.45, 7) is 8.39. The number of hydrogen-bond acceptors (Lipinski definition) is 4. The van der Waals surface area contributed by atoms with Crippen molar-refractivity contribution in [1.29, 1.82) is 0 Å². The van der Waals surface area contributed by atoms with Crippen LogP contribution in [0.15, 0.2) is 21.7 Å². The van der Waals surface area contributed by atoms with Crippen LogP contribution in [-0.4, -0.2) is 33.6 Å². The van der Waals surface area contributed by atoms with Crippen LogP contribution in [0.2, 0.25) is 0 Å². The van der Waals surface area contributed by atoms with Crippen LogP contribution in [0.1, 0.15) is 47.8 Å². The molecule has 0 aliphatic carbocycles. The van der Waals surface area contributed by atoms with Crippen LogP contribution in [0.25, 0.3) is 0 Å². The third-order valence-corrected chi connectivity index (χ3v) is 5.36. The van der Waals surface area contributed by atoms with E-state index in [2.05, 4.69) is 43.0 Å². The van der Waals surface area contributed by atoms with Crippen LogP contribution < -0.4 is 20.6 Å². The standard InChI is InChI=1S/C19H23IN4O4.ClH/c1-5-27-13-8-11(7-12(20)17(13)28-6-2)16(14-9(3)21-23-18(14)25)15-10(4)22-24-19(15)26;/h7-8,16H,5-6H2,1-4H3,(H2,21,23,25)(H2,22,24,26);1H. The van der Waals surface area contributed by atoms with Gasteiger partial charge >= 0.3 is 0 Å². The van der Waals surface area contributed by atoms with Gasteiger partial charge in [-0.3, -0.25) is 19.8 Å². The monoisotopic (exact) mass is 534 g/mol. The number of hydrogen-bond donors (Lipinski definition) is 4. The number of halogens is 2. The molecule has 2 heterocycles. The molecule has 0 fully saturated rings. The lowest BCUT2D eigenvalue weighted by molar-refractivity contribution is 0.285. The summed E-state index contributed by atoms with van der Waals surface area (Å²) in [6.07, 6.45) is 0. The Hall–Kier alpha value is -2.14. The summed E-state index contributed by atoms with van der Waals surface area (Å²) in [5, 5.41) is 10.9. The van der Waals surface area contributed by atoms with Crippen molar-refractivity contribution in [3.05, 3.63) is 64.5 Å². The van der Waals surface area contributed by atoms with Gasteiger partial charge in [0.15, 0.2) is 11.5 Å². The molecule has 0 saturated heterocycles. The molecule has 3 aromatic rings. The van der Waals surface area contributed by atoms with Gasteiger partial charge in [0, 0.05) is 17.3 Å². The van der Waals surface area contributed by atoms with Crippen LogP contribution in [-0.2, 0) is 0 Å². The Labute approximate surface area is 187 Å². The molecule has 0 atom stereocenters. The zero-order valence-corrected chi connectivity index (χ0v) is 19.5. The van der Waals surface area contributed by atoms with Gasteiger partial charge in [0.05, 0.1) is 27.9 Å². The Balaban J connectivity index is 0.00000300. The predicted octanol–water partition coefficient (Wildman–Crippen LogP) is 3.34. The molecule has 0 bridgehead atoms. The maximum Gasteiger partial charge on any atom is 0.268 e. The highest BCUT2D eigenvalue weighted by atomic mass is 127. The molecule has 0 saturated carbocycles. The molecule has 2 aromatic heterocycles. The number of ether oxygens (including phenoxy) is 2. The van der Waals surface area contributed by atoms with Crippen molar-refractivity contribution in [2.24, 2.45) is 0 Å². The summed E-state index contributed by atoms with van der Waals surface area (Å²) in [5.74, 6) is 0.686. The molecule has 158 valence electrons. The van der Waals surface area contributed by atoms with Crippen molar-refractivity contribution in [2.75, 3.05) is 13.2 Å². The van der Waals surface area contributed by atoms with Crippen LogP contribution in [0, 0.1) is 17.4 Å². The molecular formula is C19H24ClIN4O4. The minimum atomic E-state index is -0.562. The topological polar surface area (TPSA) is 116 Å². The van der Waals surface area contributed by atoms with Gasteiger partial charge in [0.2, 0.25) is 0 Å². The highest BCUT2D eigenvalue weighted by Crippen LogP contribution is 2.40. The molecule has 8 nitrogen and oxygen atoms in total.